The Morgan fingerprint density at radius 2 is 2.00 bits per heavy atom. The smallest absolute Gasteiger partial charge is 0.505 e. The monoisotopic (exact) mass is 287 g/mol. The zero-order chi connectivity index (χ0) is 14.8. The van der Waals surface area contributed by atoms with Crippen molar-refractivity contribution in [3.05, 3.63) is 17.5 Å². The van der Waals surface area contributed by atoms with E-state index in [9.17, 15) is 31.9 Å². The molecule has 0 bridgehead atoms. The number of hydrogen-bond donors (Lipinski definition) is 2. The summed E-state index contributed by atoms with van der Waals surface area (Å²) in [7, 11) is 0. The number of aliphatic carboxylic acids is 1. The summed E-state index contributed by atoms with van der Waals surface area (Å²) in [5, 5.41) is 17.8. The number of carbonyl (C=O) groups is 1. The van der Waals surface area contributed by atoms with Gasteiger partial charge in [-0.05, 0) is 0 Å². The second-order valence-electron chi connectivity index (χ2n) is 3.25. The van der Waals surface area contributed by atoms with Gasteiger partial charge in [0, 0.05) is 0 Å². The van der Waals surface area contributed by atoms with E-state index in [4.69, 9.17) is 5.11 Å². The lowest BCUT2D eigenvalue weighted by Gasteiger charge is -2.14. The zero-order valence-electron chi connectivity index (χ0n) is 8.91. The summed E-state index contributed by atoms with van der Waals surface area (Å²) in [6, 6.07) is 0. The van der Waals surface area contributed by atoms with E-state index in [-0.39, 0.29) is 6.20 Å². The van der Waals surface area contributed by atoms with E-state index in [0.29, 0.717) is 0 Å². The van der Waals surface area contributed by atoms with Crippen LogP contribution in [0.5, 0.6) is 11.5 Å². The van der Waals surface area contributed by atoms with Crippen molar-refractivity contribution in [1.82, 2.24) is 4.98 Å². The maximum atomic E-state index is 12.6. The molecule has 0 radical (unpaired) electrons. The predicted molar refractivity (Wildman–Crippen MR) is 48.9 cm³/mol. The molecule has 0 atom stereocenters. The number of alkyl halides is 5. The Labute approximate surface area is 102 Å². The number of rotatable bonds is 4. The van der Waals surface area contributed by atoms with Crippen LogP contribution in [0.15, 0.2) is 6.20 Å². The van der Waals surface area contributed by atoms with Crippen LogP contribution in [0.25, 0.3) is 0 Å². The highest BCUT2D eigenvalue weighted by Crippen LogP contribution is 2.39. The minimum absolute atomic E-state index is 0.285. The first-order chi connectivity index (χ1) is 8.61. The van der Waals surface area contributed by atoms with Gasteiger partial charge in [0.15, 0.2) is 5.75 Å². The summed E-state index contributed by atoms with van der Waals surface area (Å²) >= 11 is 0. The summed E-state index contributed by atoms with van der Waals surface area (Å²) in [4.78, 5) is 13.5. The first kappa shape index (κ1) is 14.9. The largest absolute Gasteiger partial charge is 0.573 e. The van der Waals surface area contributed by atoms with Crippen LogP contribution in [0.3, 0.4) is 0 Å². The van der Waals surface area contributed by atoms with Gasteiger partial charge in [0.2, 0.25) is 0 Å². The van der Waals surface area contributed by atoms with Crippen LogP contribution in [0, 0.1) is 0 Å². The number of carboxylic acids is 1. The second-order valence-corrected chi connectivity index (χ2v) is 3.25. The van der Waals surface area contributed by atoms with Gasteiger partial charge in [0.1, 0.15) is 11.3 Å². The average Bonchev–Trinajstić information content (AvgIpc) is 2.19. The van der Waals surface area contributed by atoms with E-state index in [1.807, 2.05) is 0 Å². The van der Waals surface area contributed by atoms with Gasteiger partial charge in [-0.2, -0.15) is 0 Å². The van der Waals surface area contributed by atoms with Gasteiger partial charge in [-0.15, -0.1) is 13.2 Å². The quantitative estimate of drug-likeness (QED) is 0.830. The van der Waals surface area contributed by atoms with Crippen LogP contribution in [-0.2, 0) is 11.2 Å². The van der Waals surface area contributed by atoms with Crippen molar-refractivity contribution in [2.24, 2.45) is 0 Å². The van der Waals surface area contributed by atoms with Gasteiger partial charge in [-0.1, -0.05) is 0 Å². The molecule has 0 saturated carbocycles. The van der Waals surface area contributed by atoms with Crippen LogP contribution < -0.4 is 4.74 Å². The summed E-state index contributed by atoms with van der Waals surface area (Å²) in [6.45, 7) is 0. The number of halogens is 5. The molecule has 0 aliphatic rings. The Bertz CT molecular complexity index is 488. The Morgan fingerprint density at radius 1 is 1.42 bits per heavy atom. The highest BCUT2D eigenvalue weighted by atomic mass is 19.4. The maximum Gasteiger partial charge on any atom is 0.573 e. The molecule has 0 aliphatic heterocycles. The van der Waals surface area contributed by atoms with Crippen molar-refractivity contribution in [1.29, 1.82) is 0 Å². The Hall–Kier alpha value is -2.13. The molecule has 10 heteroatoms. The van der Waals surface area contributed by atoms with Gasteiger partial charge < -0.3 is 14.9 Å². The number of aromatic nitrogens is 1. The average molecular weight is 287 g/mol. The van der Waals surface area contributed by atoms with Crippen LogP contribution >= 0.6 is 0 Å². The summed E-state index contributed by atoms with van der Waals surface area (Å²) in [5.41, 5.74) is -2.14. The first-order valence-electron chi connectivity index (χ1n) is 4.58. The molecule has 0 fully saturated rings. The molecule has 19 heavy (non-hydrogen) atoms. The zero-order valence-corrected chi connectivity index (χ0v) is 8.91. The Morgan fingerprint density at radius 3 is 2.42 bits per heavy atom. The molecule has 0 aromatic carbocycles. The molecule has 2 N–H and O–H groups in total. The Kier molecular flexibility index (Phi) is 4.12. The number of ether oxygens (including phenoxy) is 1. The van der Waals surface area contributed by atoms with Gasteiger partial charge in [-0.3, -0.25) is 9.78 Å². The molecule has 106 valence electrons. The van der Waals surface area contributed by atoms with Gasteiger partial charge >= 0.3 is 12.3 Å². The molecule has 1 aromatic heterocycles. The third kappa shape index (κ3) is 3.93. The molecular weight excluding hydrogens is 281 g/mol. The summed E-state index contributed by atoms with van der Waals surface area (Å²) in [5.74, 6) is -4.21. The van der Waals surface area contributed by atoms with Crippen molar-refractivity contribution < 1.29 is 41.7 Å². The molecule has 5 nitrogen and oxygen atoms in total. The third-order valence-corrected chi connectivity index (χ3v) is 1.89. The van der Waals surface area contributed by atoms with Crippen molar-refractivity contribution >= 4 is 5.97 Å². The van der Waals surface area contributed by atoms with Crippen molar-refractivity contribution in [3.63, 3.8) is 0 Å². The fraction of sp³-hybridized carbons (Fsp3) is 0.333. The van der Waals surface area contributed by atoms with E-state index in [0.717, 1.165) is 0 Å². The fourth-order valence-corrected chi connectivity index (χ4v) is 1.23. The first-order valence-corrected chi connectivity index (χ1v) is 4.58. The number of carboxylic acid groups (broad SMARTS) is 1. The van der Waals surface area contributed by atoms with Crippen LogP contribution in [0.2, 0.25) is 0 Å². The summed E-state index contributed by atoms with van der Waals surface area (Å²) in [6.07, 6.45) is -9.37. The topological polar surface area (TPSA) is 79.7 Å². The van der Waals surface area contributed by atoms with Crippen LogP contribution in [-0.4, -0.2) is 27.5 Å². The number of aromatic hydroxyl groups is 1. The van der Waals surface area contributed by atoms with E-state index in [1.165, 1.54) is 0 Å². The molecule has 0 amide bonds. The van der Waals surface area contributed by atoms with Crippen molar-refractivity contribution in [2.75, 3.05) is 0 Å². The predicted octanol–water partition coefficient (Wildman–Crippen LogP) is 2.25. The van der Waals surface area contributed by atoms with Crippen LogP contribution in [0.1, 0.15) is 17.7 Å². The van der Waals surface area contributed by atoms with Crippen molar-refractivity contribution in [2.45, 2.75) is 19.2 Å². The van der Waals surface area contributed by atoms with Crippen molar-refractivity contribution in [3.8, 4) is 11.5 Å². The fourth-order valence-electron chi connectivity index (χ4n) is 1.23. The molecular formula is C9H6F5NO4. The van der Waals surface area contributed by atoms with E-state index in [1.54, 1.807) is 0 Å². The highest BCUT2D eigenvalue weighted by molar-refractivity contribution is 5.71. The molecule has 0 unspecified atom stereocenters. The van der Waals surface area contributed by atoms with E-state index < -0.39 is 47.9 Å². The molecule has 0 spiro atoms. The Balaban J connectivity index is 3.27. The SMILES string of the molecule is O=C(O)Cc1ncc(OC(F)(F)F)c(C(F)F)c1O. The number of pyridine rings is 1. The normalized spacial score (nSPS) is 11.7. The molecule has 1 heterocycles. The van der Waals surface area contributed by atoms with Gasteiger partial charge in [-0.25, -0.2) is 8.78 Å². The summed E-state index contributed by atoms with van der Waals surface area (Å²) < 4.78 is 64.4. The minimum Gasteiger partial charge on any atom is -0.505 e. The number of hydrogen-bond acceptors (Lipinski definition) is 4. The molecule has 1 rings (SSSR count). The number of nitrogens with zero attached hydrogens (tertiary/aromatic N) is 1. The van der Waals surface area contributed by atoms with Gasteiger partial charge in [0.05, 0.1) is 18.3 Å². The minimum atomic E-state index is -5.24. The van der Waals surface area contributed by atoms with E-state index >= 15 is 0 Å². The standard InChI is InChI=1S/C9H6F5NO4/c10-8(11)6-4(19-9(12,13)14)2-15-3(7(6)18)1-5(16)17/h2,8,18H,1H2,(H,16,17). The molecule has 0 aliphatic carbocycles. The molecule has 1 aromatic rings. The lowest BCUT2D eigenvalue weighted by atomic mass is 10.1. The maximum absolute atomic E-state index is 12.6. The lowest BCUT2D eigenvalue weighted by Crippen LogP contribution is -2.19. The van der Waals surface area contributed by atoms with E-state index in [2.05, 4.69) is 9.72 Å². The lowest BCUT2D eigenvalue weighted by molar-refractivity contribution is -0.275. The van der Waals surface area contributed by atoms with Gasteiger partial charge in [0.25, 0.3) is 6.43 Å². The third-order valence-electron chi connectivity index (χ3n) is 1.89. The second kappa shape index (κ2) is 5.24. The highest BCUT2D eigenvalue weighted by Gasteiger charge is 2.35. The van der Waals surface area contributed by atoms with Crippen LogP contribution in [0.4, 0.5) is 22.0 Å². The molecule has 0 saturated heterocycles.